The number of amides is 1. The fourth-order valence-corrected chi connectivity index (χ4v) is 5.76. The topological polar surface area (TPSA) is 117 Å². The number of fused-ring (bicyclic) bond motifs is 2. The molecule has 4 atom stereocenters. The van der Waals surface area contributed by atoms with Crippen molar-refractivity contribution in [3.63, 3.8) is 0 Å². The maximum atomic E-state index is 12.3. The first kappa shape index (κ1) is 16.4. The molecule has 1 amide bonds. The van der Waals surface area contributed by atoms with Gasteiger partial charge in [0, 0.05) is 10.8 Å². The predicted octanol–water partition coefficient (Wildman–Crippen LogP) is 1.33. The molecule has 0 aliphatic carbocycles. The van der Waals surface area contributed by atoms with E-state index in [9.17, 15) is 19.8 Å². The second-order valence-electron chi connectivity index (χ2n) is 6.09. The molecule has 1 fully saturated rings. The summed E-state index contributed by atoms with van der Waals surface area (Å²) in [4.78, 5) is 30.4. The summed E-state index contributed by atoms with van der Waals surface area (Å²) in [6.45, 7) is 3.44. The number of aliphatic hydroxyl groups is 1. The number of aromatic nitrogens is 3. The summed E-state index contributed by atoms with van der Waals surface area (Å²) in [5, 5.41) is 27.1. The van der Waals surface area contributed by atoms with Crippen molar-refractivity contribution >= 4 is 45.2 Å². The molecule has 1 saturated heterocycles. The number of hydrogen-bond acceptors (Lipinski definition) is 8. The van der Waals surface area contributed by atoms with Gasteiger partial charge in [-0.3, -0.25) is 4.79 Å². The largest absolute Gasteiger partial charge is 0.477 e. The van der Waals surface area contributed by atoms with Crippen LogP contribution in [0.2, 0.25) is 0 Å². The number of carboxylic acid groups (broad SMARTS) is 1. The summed E-state index contributed by atoms with van der Waals surface area (Å²) in [6.07, 6.45) is 2.36. The Balaban J connectivity index is 1.72. The molecule has 10 heteroatoms. The van der Waals surface area contributed by atoms with E-state index >= 15 is 0 Å². The fourth-order valence-electron chi connectivity index (χ4n) is 3.48. The molecule has 0 aromatic carbocycles. The van der Waals surface area contributed by atoms with E-state index in [1.54, 1.807) is 19.3 Å². The first-order chi connectivity index (χ1) is 11.9. The molecule has 0 spiro atoms. The first-order valence-electron chi connectivity index (χ1n) is 7.63. The highest BCUT2D eigenvalue weighted by atomic mass is 32.2. The van der Waals surface area contributed by atoms with E-state index in [2.05, 4.69) is 15.2 Å². The van der Waals surface area contributed by atoms with E-state index in [1.165, 1.54) is 28.0 Å². The lowest BCUT2D eigenvalue weighted by Gasteiger charge is -2.46. The molecular weight excluding hydrogens is 364 g/mol. The van der Waals surface area contributed by atoms with Crippen LogP contribution in [0.4, 0.5) is 0 Å². The summed E-state index contributed by atoms with van der Waals surface area (Å²) >= 11 is 2.66. The number of carbonyl (C=O) groups excluding carboxylic acids is 1. The Labute approximate surface area is 150 Å². The lowest BCUT2D eigenvalue weighted by Crippen LogP contribution is -2.63. The number of hydrogen-bond donors (Lipinski definition) is 2. The van der Waals surface area contributed by atoms with Crippen molar-refractivity contribution in [1.82, 2.24) is 20.1 Å². The Morgan fingerprint density at radius 1 is 1.40 bits per heavy atom. The van der Waals surface area contributed by atoms with E-state index in [1.807, 2.05) is 6.92 Å². The summed E-state index contributed by atoms with van der Waals surface area (Å²) < 4.78 is 1.54. The molecule has 0 saturated carbocycles. The van der Waals surface area contributed by atoms with Gasteiger partial charge in [-0.05, 0) is 6.92 Å². The number of aliphatic hydroxyl groups excluding tert-OH is 1. The van der Waals surface area contributed by atoms with Gasteiger partial charge in [0.2, 0.25) is 5.91 Å². The van der Waals surface area contributed by atoms with Gasteiger partial charge in [-0.15, -0.1) is 11.3 Å². The van der Waals surface area contributed by atoms with Crippen LogP contribution in [0.1, 0.15) is 13.8 Å². The van der Waals surface area contributed by atoms with E-state index in [-0.39, 0.29) is 23.6 Å². The van der Waals surface area contributed by atoms with Crippen LogP contribution in [-0.2, 0) is 9.59 Å². The van der Waals surface area contributed by atoms with Gasteiger partial charge in [0.1, 0.15) is 11.2 Å². The van der Waals surface area contributed by atoms with Crippen LogP contribution >= 0.6 is 23.1 Å². The zero-order chi connectivity index (χ0) is 17.9. The molecule has 4 rings (SSSR count). The molecule has 25 heavy (non-hydrogen) atoms. The number of carboxylic acids is 1. The Morgan fingerprint density at radius 2 is 2.12 bits per heavy atom. The molecule has 4 heterocycles. The number of rotatable bonds is 4. The molecule has 2 aromatic heterocycles. The Kier molecular flexibility index (Phi) is 3.78. The molecular formula is C15H14N4O4S2. The molecule has 0 radical (unpaired) electrons. The van der Waals surface area contributed by atoms with Gasteiger partial charge in [-0.1, -0.05) is 18.7 Å². The third-order valence-corrected chi connectivity index (χ3v) is 6.94. The van der Waals surface area contributed by atoms with Gasteiger partial charge < -0.3 is 15.1 Å². The van der Waals surface area contributed by atoms with Crippen molar-refractivity contribution in [3.8, 4) is 0 Å². The zero-order valence-corrected chi connectivity index (χ0v) is 14.9. The standard InChI is InChI=1S/C15H14N4O4S2/c1-5-10-9(6(2)20)13(21)19(10)11(14(22)23)12(5)25-15-18-7-3-16-17-4-8(7)24-15/h3-6,9-10,20H,1-2H3,(H,22,23). The number of thioether (sulfide) groups is 1. The summed E-state index contributed by atoms with van der Waals surface area (Å²) in [7, 11) is 0. The van der Waals surface area contributed by atoms with Crippen molar-refractivity contribution < 1.29 is 19.8 Å². The Hall–Kier alpha value is -2.04. The van der Waals surface area contributed by atoms with Crippen molar-refractivity contribution in [1.29, 1.82) is 0 Å². The van der Waals surface area contributed by atoms with Gasteiger partial charge in [0.15, 0.2) is 4.34 Å². The van der Waals surface area contributed by atoms with Crippen molar-refractivity contribution in [2.45, 2.75) is 30.3 Å². The summed E-state index contributed by atoms with van der Waals surface area (Å²) in [5.74, 6) is -2.22. The lowest BCUT2D eigenvalue weighted by molar-refractivity contribution is -0.163. The third-order valence-electron chi connectivity index (χ3n) is 4.59. The number of nitrogens with zero attached hydrogens (tertiary/aromatic N) is 4. The van der Waals surface area contributed by atoms with Crippen LogP contribution < -0.4 is 0 Å². The minimum Gasteiger partial charge on any atom is -0.477 e. The lowest BCUT2D eigenvalue weighted by atomic mass is 9.79. The van der Waals surface area contributed by atoms with Gasteiger partial charge in [-0.2, -0.15) is 10.2 Å². The maximum Gasteiger partial charge on any atom is 0.353 e. The van der Waals surface area contributed by atoms with Crippen LogP contribution in [0.3, 0.4) is 0 Å². The predicted molar refractivity (Wildman–Crippen MR) is 90.7 cm³/mol. The van der Waals surface area contributed by atoms with Crippen molar-refractivity contribution in [3.05, 3.63) is 23.0 Å². The van der Waals surface area contributed by atoms with Crippen LogP contribution in [0.5, 0.6) is 0 Å². The quantitative estimate of drug-likeness (QED) is 0.766. The first-order valence-corrected chi connectivity index (χ1v) is 9.27. The molecule has 2 aromatic rings. The number of carbonyl (C=O) groups is 2. The van der Waals surface area contributed by atoms with Gasteiger partial charge >= 0.3 is 5.97 Å². The maximum absolute atomic E-state index is 12.3. The minimum atomic E-state index is -1.14. The highest BCUT2D eigenvalue weighted by Crippen LogP contribution is 2.52. The van der Waals surface area contributed by atoms with Gasteiger partial charge in [0.25, 0.3) is 0 Å². The van der Waals surface area contributed by atoms with Crippen molar-refractivity contribution in [2.24, 2.45) is 11.8 Å². The number of thiazole rings is 1. The third kappa shape index (κ3) is 2.35. The van der Waals surface area contributed by atoms with Crippen molar-refractivity contribution in [2.75, 3.05) is 0 Å². The number of β-lactam (4-membered cyclic amide) rings is 1. The highest BCUT2D eigenvalue weighted by Gasteiger charge is 2.60. The van der Waals surface area contributed by atoms with Crippen LogP contribution in [-0.4, -0.2) is 54.3 Å². The SMILES string of the molecule is CC(O)C1C(=O)N2C(C(=O)O)=C(Sc3nc4cnncc4s3)C(C)C12. The number of aliphatic carboxylic acids is 1. The molecule has 0 bridgehead atoms. The van der Waals surface area contributed by atoms with Gasteiger partial charge in [0.05, 0.1) is 35.2 Å². The fraction of sp³-hybridized carbons (Fsp3) is 0.400. The molecule has 2 N–H and O–H groups in total. The normalized spacial score (nSPS) is 26.8. The molecule has 8 nitrogen and oxygen atoms in total. The van der Waals surface area contributed by atoms with Crippen LogP contribution in [0, 0.1) is 11.8 Å². The smallest absolute Gasteiger partial charge is 0.353 e. The average Bonchev–Trinajstić information content (AvgIpc) is 3.05. The Bertz CT molecular complexity index is 892. The molecule has 2 aliphatic heterocycles. The van der Waals surface area contributed by atoms with E-state index in [4.69, 9.17) is 0 Å². The summed E-state index contributed by atoms with van der Waals surface area (Å²) in [6, 6.07) is -0.321. The van der Waals surface area contributed by atoms with E-state index in [0.29, 0.717) is 14.8 Å². The second-order valence-corrected chi connectivity index (χ2v) is 8.41. The average molecular weight is 378 g/mol. The van der Waals surface area contributed by atoms with Gasteiger partial charge in [-0.25, -0.2) is 9.78 Å². The Morgan fingerprint density at radius 3 is 2.76 bits per heavy atom. The monoisotopic (exact) mass is 378 g/mol. The minimum absolute atomic E-state index is 0.0000869. The molecule has 2 aliphatic rings. The van der Waals surface area contributed by atoms with E-state index < -0.39 is 18.0 Å². The van der Waals surface area contributed by atoms with Crippen LogP contribution in [0.25, 0.3) is 10.2 Å². The zero-order valence-electron chi connectivity index (χ0n) is 13.3. The molecule has 130 valence electrons. The summed E-state index contributed by atoms with van der Waals surface area (Å²) in [5.41, 5.74) is 0.701. The van der Waals surface area contributed by atoms with Crippen LogP contribution in [0.15, 0.2) is 27.3 Å². The highest BCUT2D eigenvalue weighted by molar-refractivity contribution is 8.04. The van der Waals surface area contributed by atoms with E-state index in [0.717, 1.165) is 4.70 Å². The molecule has 4 unspecified atom stereocenters. The second kappa shape index (κ2) is 5.75.